The molecule has 0 radical (unpaired) electrons. The lowest BCUT2D eigenvalue weighted by molar-refractivity contribution is -0.120. The maximum absolute atomic E-state index is 12.9. The second-order valence-electron chi connectivity index (χ2n) is 12.1. The summed E-state index contributed by atoms with van der Waals surface area (Å²) < 4.78 is 14.0. The van der Waals surface area contributed by atoms with Crippen LogP contribution in [0.1, 0.15) is 53.6 Å². The molecule has 1 fully saturated rings. The summed E-state index contributed by atoms with van der Waals surface area (Å²) in [5, 5.41) is 8.90. The van der Waals surface area contributed by atoms with Gasteiger partial charge in [-0.2, -0.15) is 0 Å². The van der Waals surface area contributed by atoms with Gasteiger partial charge in [-0.25, -0.2) is 4.98 Å². The minimum Gasteiger partial charge on any atom is -0.493 e. The van der Waals surface area contributed by atoms with E-state index in [1.165, 1.54) is 35.2 Å². The van der Waals surface area contributed by atoms with Crippen LogP contribution in [0.4, 0.5) is 5.69 Å². The number of aryl methyl sites for hydroxylation is 4. The van der Waals surface area contributed by atoms with E-state index < -0.39 is 0 Å². The minimum absolute atomic E-state index is 0.0312. The smallest absolute Gasteiger partial charge is 0.224 e. The zero-order valence-corrected chi connectivity index (χ0v) is 26.4. The number of nitrogens with zero attached hydrogens (tertiary/aromatic N) is 2. The highest BCUT2D eigenvalue weighted by Crippen LogP contribution is 2.38. The number of pyridine rings is 1. The van der Waals surface area contributed by atoms with Gasteiger partial charge in [-0.05, 0) is 94.3 Å². The molecule has 7 heteroatoms. The first-order chi connectivity index (χ1) is 21.3. The number of hydrogen-bond acceptors (Lipinski definition) is 5. The first-order valence-corrected chi connectivity index (χ1v) is 15.7. The van der Waals surface area contributed by atoms with Crippen LogP contribution in [0.25, 0.3) is 27.6 Å². The number of para-hydroxylation sites is 1. The van der Waals surface area contributed by atoms with Crippen LogP contribution < -0.4 is 20.1 Å². The highest BCUT2D eigenvalue weighted by atomic mass is 16.5. The van der Waals surface area contributed by atoms with Gasteiger partial charge in [-0.1, -0.05) is 42.0 Å². The molecule has 5 aromatic rings. The van der Waals surface area contributed by atoms with Crippen molar-refractivity contribution in [3.63, 3.8) is 0 Å². The van der Waals surface area contributed by atoms with Gasteiger partial charge in [0.2, 0.25) is 5.91 Å². The Bertz CT molecular complexity index is 1810. The van der Waals surface area contributed by atoms with E-state index in [1.54, 1.807) is 7.11 Å². The molecule has 228 valence electrons. The van der Waals surface area contributed by atoms with Crippen LogP contribution in [-0.2, 0) is 11.2 Å². The standard InChI is InChI=1S/C37H42N4O3/c1-23-18-24(2)36(25(3)19-23)41-31-13-9-8-12-29(31)35-30(20-26(4)40-37(35)41)38-16-17-39-34(42)22-27-14-15-32(33(21-27)43-5)44-28-10-6-7-11-28/h8-9,12-15,18-21,28H,6-7,10-11,16-17,22H2,1-5H3,(H,38,40)(H,39,42). The summed E-state index contributed by atoms with van der Waals surface area (Å²) in [7, 11) is 1.64. The normalized spacial score (nSPS) is 13.5. The molecule has 0 atom stereocenters. The molecule has 1 saturated carbocycles. The van der Waals surface area contributed by atoms with Crippen LogP contribution in [-0.4, -0.2) is 41.8 Å². The minimum atomic E-state index is -0.0312. The summed E-state index contributed by atoms with van der Waals surface area (Å²) in [6.07, 6.45) is 5.12. The third kappa shape index (κ3) is 5.96. The summed E-state index contributed by atoms with van der Waals surface area (Å²) in [5.74, 6) is 1.40. The Labute approximate surface area is 259 Å². The predicted octanol–water partition coefficient (Wildman–Crippen LogP) is 7.51. The predicted molar refractivity (Wildman–Crippen MR) is 179 cm³/mol. The van der Waals surface area contributed by atoms with E-state index >= 15 is 0 Å². The Morgan fingerprint density at radius 1 is 0.932 bits per heavy atom. The van der Waals surface area contributed by atoms with Crippen molar-refractivity contribution < 1.29 is 14.3 Å². The second-order valence-corrected chi connectivity index (χ2v) is 12.1. The van der Waals surface area contributed by atoms with E-state index in [0.29, 0.717) is 18.8 Å². The van der Waals surface area contributed by atoms with Crippen LogP contribution in [0.2, 0.25) is 0 Å². The lowest BCUT2D eigenvalue weighted by atomic mass is 10.0. The first kappa shape index (κ1) is 29.5. The molecular formula is C37H42N4O3. The van der Waals surface area contributed by atoms with E-state index in [-0.39, 0.29) is 18.4 Å². The van der Waals surface area contributed by atoms with Gasteiger partial charge < -0.3 is 20.1 Å². The topological polar surface area (TPSA) is 77.4 Å². The lowest BCUT2D eigenvalue weighted by Crippen LogP contribution is -2.30. The van der Waals surface area contributed by atoms with Gasteiger partial charge in [-0.15, -0.1) is 0 Å². The van der Waals surface area contributed by atoms with Gasteiger partial charge in [-0.3, -0.25) is 9.36 Å². The maximum atomic E-state index is 12.9. The Morgan fingerprint density at radius 3 is 2.43 bits per heavy atom. The molecule has 1 aliphatic carbocycles. The third-order valence-electron chi connectivity index (χ3n) is 8.56. The number of rotatable bonds is 10. The van der Waals surface area contributed by atoms with Crippen molar-refractivity contribution in [3.05, 3.63) is 88.6 Å². The number of ether oxygens (including phenoxy) is 2. The van der Waals surface area contributed by atoms with Crippen molar-refractivity contribution in [1.29, 1.82) is 0 Å². The Hall–Kier alpha value is -4.52. The molecule has 1 aliphatic rings. The maximum Gasteiger partial charge on any atom is 0.224 e. The van der Waals surface area contributed by atoms with Crippen LogP contribution >= 0.6 is 0 Å². The quantitative estimate of drug-likeness (QED) is 0.165. The van der Waals surface area contributed by atoms with E-state index in [2.05, 4.69) is 78.4 Å². The highest BCUT2D eigenvalue weighted by molar-refractivity contribution is 6.14. The van der Waals surface area contributed by atoms with E-state index in [4.69, 9.17) is 14.5 Å². The Morgan fingerprint density at radius 2 is 1.68 bits per heavy atom. The van der Waals surface area contributed by atoms with E-state index in [0.717, 1.165) is 57.5 Å². The summed E-state index contributed by atoms with van der Waals surface area (Å²) in [5.41, 5.74) is 9.77. The van der Waals surface area contributed by atoms with E-state index in [1.807, 2.05) is 25.1 Å². The SMILES string of the molecule is COc1cc(CC(=O)NCCNc2cc(C)nc3c2c2ccccc2n3-c2c(C)cc(C)cc2C)ccc1OC1CCCC1. The number of benzene rings is 3. The fourth-order valence-electron chi connectivity index (χ4n) is 6.72. The van der Waals surface area contributed by atoms with Crippen molar-refractivity contribution in [1.82, 2.24) is 14.9 Å². The van der Waals surface area contributed by atoms with Gasteiger partial charge >= 0.3 is 0 Å². The molecule has 2 N–H and O–H groups in total. The van der Waals surface area contributed by atoms with Crippen molar-refractivity contribution in [3.8, 4) is 17.2 Å². The zero-order chi connectivity index (χ0) is 30.8. The molecule has 6 rings (SSSR count). The largest absolute Gasteiger partial charge is 0.493 e. The second kappa shape index (κ2) is 12.6. The number of methoxy groups -OCH3 is 1. The number of nitrogens with one attached hydrogen (secondary N) is 2. The Balaban J connectivity index is 1.17. The monoisotopic (exact) mass is 590 g/mol. The number of carbonyl (C=O) groups excluding carboxylic acids is 1. The lowest BCUT2D eigenvalue weighted by Gasteiger charge is -2.16. The molecule has 2 aromatic heterocycles. The summed E-state index contributed by atoms with van der Waals surface area (Å²) in [6, 6.07) is 20.8. The first-order valence-electron chi connectivity index (χ1n) is 15.7. The molecule has 0 aliphatic heterocycles. The fraction of sp³-hybridized carbons (Fsp3) is 0.351. The molecule has 44 heavy (non-hydrogen) atoms. The van der Waals surface area contributed by atoms with Crippen molar-refractivity contribution in [2.24, 2.45) is 0 Å². The summed E-state index contributed by atoms with van der Waals surface area (Å²) >= 11 is 0. The highest BCUT2D eigenvalue weighted by Gasteiger charge is 2.21. The van der Waals surface area contributed by atoms with Gasteiger partial charge in [0.15, 0.2) is 11.5 Å². The molecule has 2 heterocycles. The average Bonchev–Trinajstić information content (AvgIpc) is 3.62. The number of fused-ring (bicyclic) bond motifs is 3. The van der Waals surface area contributed by atoms with E-state index in [9.17, 15) is 4.79 Å². The molecule has 0 saturated heterocycles. The number of carbonyl (C=O) groups is 1. The fourth-order valence-corrected chi connectivity index (χ4v) is 6.72. The van der Waals surface area contributed by atoms with Gasteiger partial charge in [0.05, 0.1) is 36.2 Å². The molecular weight excluding hydrogens is 548 g/mol. The van der Waals surface area contributed by atoms with Gasteiger partial charge in [0.1, 0.15) is 5.65 Å². The van der Waals surface area contributed by atoms with Crippen molar-refractivity contribution >= 4 is 33.5 Å². The molecule has 7 nitrogen and oxygen atoms in total. The third-order valence-corrected chi connectivity index (χ3v) is 8.56. The van der Waals surface area contributed by atoms with Crippen LogP contribution in [0, 0.1) is 27.7 Å². The number of anilines is 1. The number of hydrogen-bond donors (Lipinski definition) is 2. The van der Waals surface area contributed by atoms with Gasteiger partial charge in [0, 0.05) is 29.9 Å². The van der Waals surface area contributed by atoms with Crippen LogP contribution in [0.5, 0.6) is 11.5 Å². The molecule has 0 bridgehead atoms. The average molecular weight is 591 g/mol. The Kier molecular flexibility index (Phi) is 8.47. The molecule has 1 amide bonds. The molecule has 0 spiro atoms. The summed E-state index contributed by atoms with van der Waals surface area (Å²) in [4.78, 5) is 17.9. The van der Waals surface area contributed by atoms with Crippen LogP contribution in [0.3, 0.4) is 0 Å². The number of aromatic nitrogens is 2. The zero-order valence-electron chi connectivity index (χ0n) is 26.4. The van der Waals surface area contributed by atoms with Crippen LogP contribution in [0.15, 0.2) is 60.7 Å². The van der Waals surface area contributed by atoms with Gasteiger partial charge in [0.25, 0.3) is 0 Å². The van der Waals surface area contributed by atoms with Crippen molar-refractivity contribution in [2.45, 2.75) is 65.9 Å². The summed E-state index contributed by atoms with van der Waals surface area (Å²) in [6.45, 7) is 9.59. The number of amides is 1. The molecule has 0 unspecified atom stereocenters. The molecule has 3 aromatic carbocycles. The van der Waals surface area contributed by atoms with Crippen molar-refractivity contribution in [2.75, 3.05) is 25.5 Å².